The number of fused-ring (bicyclic) bond motifs is 1. The molecule has 0 aromatic heterocycles. The zero-order chi connectivity index (χ0) is 17.1. The molecule has 0 unspecified atom stereocenters. The fourth-order valence-electron chi connectivity index (χ4n) is 4.40. The van der Waals surface area contributed by atoms with Crippen molar-refractivity contribution >= 4 is 18.4 Å². The molecule has 26 heavy (non-hydrogen) atoms. The summed E-state index contributed by atoms with van der Waals surface area (Å²) in [7, 11) is 0. The minimum atomic E-state index is -0.349. The van der Waals surface area contributed by atoms with Gasteiger partial charge in [-0.15, -0.1) is 12.4 Å². The minimum absolute atomic E-state index is 0. The van der Waals surface area contributed by atoms with E-state index in [1.165, 1.54) is 19.3 Å². The summed E-state index contributed by atoms with van der Waals surface area (Å²) in [5.74, 6) is -0.488. The Morgan fingerprint density at radius 2 is 1.58 bits per heavy atom. The third-order valence-corrected chi connectivity index (χ3v) is 5.64. The summed E-state index contributed by atoms with van der Waals surface area (Å²) in [4.78, 5) is 15.5. The third-order valence-electron chi connectivity index (χ3n) is 5.64. The van der Waals surface area contributed by atoms with Crippen LogP contribution in [0, 0.1) is 0 Å². The molecule has 0 amide bonds. The Morgan fingerprint density at radius 1 is 0.962 bits per heavy atom. The van der Waals surface area contributed by atoms with Crippen molar-refractivity contribution in [1.29, 1.82) is 0 Å². The highest BCUT2D eigenvalue weighted by molar-refractivity contribution is 5.85. The van der Waals surface area contributed by atoms with Gasteiger partial charge in [-0.05, 0) is 43.4 Å². The molecule has 0 aliphatic carbocycles. The number of halogens is 1. The van der Waals surface area contributed by atoms with Gasteiger partial charge in [0.2, 0.25) is 0 Å². The maximum atomic E-state index is 13.0. The van der Waals surface area contributed by atoms with Gasteiger partial charge in [0.15, 0.2) is 0 Å². The minimum Gasteiger partial charge on any atom is -0.463 e. The van der Waals surface area contributed by atoms with E-state index < -0.39 is 0 Å². The number of hydrogen-bond acceptors (Lipinski definition) is 3. The van der Waals surface area contributed by atoms with Crippen LogP contribution in [0.3, 0.4) is 0 Å². The lowest BCUT2D eigenvalue weighted by Crippen LogP contribution is -2.35. The molecule has 4 rings (SSSR count). The van der Waals surface area contributed by atoms with Gasteiger partial charge in [-0.2, -0.15) is 0 Å². The second-order valence-corrected chi connectivity index (χ2v) is 7.15. The molecule has 2 fully saturated rings. The van der Waals surface area contributed by atoms with E-state index >= 15 is 0 Å². The Bertz CT molecular complexity index is 667. The molecular weight excluding hydrogens is 346 g/mol. The van der Waals surface area contributed by atoms with Gasteiger partial charge in [0.05, 0.1) is 0 Å². The first-order valence-electron chi connectivity index (χ1n) is 9.35. The van der Waals surface area contributed by atoms with E-state index in [9.17, 15) is 4.79 Å². The number of rotatable bonds is 5. The van der Waals surface area contributed by atoms with E-state index in [0.29, 0.717) is 12.6 Å². The Hall–Kier alpha value is -1.84. The fourth-order valence-corrected chi connectivity index (χ4v) is 4.40. The number of carbonyl (C=O) groups is 1. The van der Waals surface area contributed by atoms with Gasteiger partial charge in [-0.1, -0.05) is 60.7 Å². The van der Waals surface area contributed by atoms with Crippen LogP contribution < -0.4 is 0 Å². The summed E-state index contributed by atoms with van der Waals surface area (Å²) in [6.07, 6.45) is 5.00. The lowest BCUT2D eigenvalue weighted by molar-refractivity contribution is -0.146. The number of carbonyl (C=O) groups excluding carboxylic acids is 1. The van der Waals surface area contributed by atoms with Crippen molar-refractivity contribution in [3.8, 4) is 0 Å². The molecule has 0 radical (unpaired) electrons. The average Bonchev–Trinajstić information content (AvgIpc) is 3.26. The average molecular weight is 372 g/mol. The molecule has 3 nitrogen and oxygen atoms in total. The van der Waals surface area contributed by atoms with Crippen LogP contribution in [0.2, 0.25) is 0 Å². The van der Waals surface area contributed by atoms with E-state index in [2.05, 4.69) is 4.90 Å². The molecule has 2 aliphatic rings. The summed E-state index contributed by atoms with van der Waals surface area (Å²) in [6.45, 7) is 1.68. The SMILES string of the molecule is Cl.O=C(OC[C@@H]1CC[C@@H]2CCCN21)C(c1ccccc1)c1ccccc1. The maximum absolute atomic E-state index is 13.0. The summed E-state index contributed by atoms with van der Waals surface area (Å²) < 4.78 is 5.82. The monoisotopic (exact) mass is 371 g/mol. The van der Waals surface area contributed by atoms with E-state index in [1.807, 2.05) is 60.7 Å². The van der Waals surface area contributed by atoms with Crippen molar-refractivity contribution in [2.45, 2.75) is 43.7 Å². The van der Waals surface area contributed by atoms with Crippen LogP contribution >= 0.6 is 12.4 Å². The van der Waals surface area contributed by atoms with E-state index in [1.54, 1.807) is 0 Å². The van der Waals surface area contributed by atoms with Crippen LogP contribution in [-0.4, -0.2) is 36.1 Å². The second-order valence-electron chi connectivity index (χ2n) is 7.15. The predicted molar refractivity (Wildman–Crippen MR) is 106 cm³/mol. The van der Waals surface area contributed by atoms with Crippen molar-refractivity contribution in [3.63, 3.8) is 0 Å². The summed E-state index contributed by atoms with van der Waals surface area (Å²) in [6, 6.07) is 21.0. The maximum Gasteiger partial charge on any atom is 0.317 e. The smallest absolute Gasteiger partial charge is 0.317 e. The molecule has 0 spiro atoms. The van der Waals surface area contributed by atoms with Crippen molar-refractivity contribution in [2.24, 2.45) is 0 Å². The summed E-state index contributed by atoms with van der Waals surface area (Å²) in [5, 5.41) is 0. The van der Waals surface area contributed by atoms with Crippen molar-refractivity contribution in [2.75, 3.05) is 13.2 Å². The Kier molecular flexibility index (Phi) is 6.33. The lowest BCUT2D eigenvalue weighted by Gasteiger charge is -2.24. The molecule has 2 atom stereocenters. The Balaban J connectivity index is 0.00000196. The standard InChI is InChI=1S/C22H25NO2.ClH/c24-22(25-16-20-14-13-19-12-7-15-23(19)20)21(17-8-3-1-4-9-17)18-10-5-2-6-11-18;/h1-6,8-11,19-21H,7,12-16H2;1H/t19-,20-;/m0./s1. The van der Waals surface area contributed by atoms with E-state index in [0.717, 1.165) is 30.1 Å². The molecule has 2 aromatic rings. The molecule has 2 aromatic carbocycles. The van der Waals surface area contributed by atoms with Gasteiger partial charge < -0.3 is 4.74 Å². The second kappa shape index (κ2) is 8.70. The number of nitrogens with zero attached hydrogens (tertiary/aromatic N) is 1. The normalized spacial score (nSPS) is 22.0. The zero-order valence-corrected chi connectivity index (χ0v) is 15.7. The number of benzene rings is 2. The van der Waals surface area contributed by atoms with Gasteiger partial charge in [0.1, 0.15) is 12.5 Å². The lowest BCUT2D eigenvalue weighted by atomic mass is 9.91. The first kappa shape index (κ1) is 18.9. The first-order chi connectivity index (χ1) is 12.3. The molecule has 2 aliphatic heterocycles. The molecule has 0 bridgehead atoms. The molecule has 4 heteroatoms. The molecule has 138 valence electrons. The predicted octanol–water partition coefficient (Wildman–Crippen LogP) is 4.41. The molecular formula is C22H26ClNO2. The number of hydrogen-bond donors (Lipinski definition) is 0. The van der Waals surface area contributed by atoms with Gasteiger partial charge in [-0.3, -0.25) is 9.69 Å². The highest BCUT2D eigenvalue weighted by Crippen LogP contribution is 2.33. The Labute approximate surface area is 161 Å². The zero-order valence-electron chi connectivity index (χ0n) is 14.9. The summed E-state index contributed by atoms with van der Waals surface area (Å²) >= 11 is 0. The number of ether oxygens (including phenoxy) is 1. The molecule has 0 N–H and O–H groups in total. The largest absolute Gasteiger partial charge is 0.463 e. The van der Waals surface area contributed by atoms with Crippen LogP contribution in [-0.2, 0) is 9.53 Å². The third kappa shape index (κ3) is 3.94. The fraction of sp³-hybridized carbons (Fsp3) is 0.409. The summed E-state index contributed by atoms with van der Waals surface area (Å²) in [5.41, 5.74) is 1.98. The van der Waals surface area contributed by atoms with Gasteiger partial charge in [0, 0.05) is 12.1 Å². The van der Waals surface area contributed by atoms with Crippen LogP contribution in [0.25, 0.3) is 0 Å². The van der Waals surface area contributed by atoms with Gasteiger partial charge >= 0.3 is 5.97 Å². The highest BCUT2D eigenvalue weighted by atomic mass is 35.5. The Morgan fingerprint density at radius 3 is 2.19 bits per heavy atom. The first-order valence-corrected chi connectivity index (χ1v) is 9.35. The van der Waals surface area contributed by atoms with Crippen LogP contribution in [0.5, 0.6) is 0 Å². The van der Waals surface area contributed by atoms with Gasteiger partial charge in [0.25, 0.3) is 0 Å². The quantitative estimate of drug-likeness (QED) is 0.729. The van der Waals surface area contributed by atoms with Crippen LogP contribution in [0.1, 0.15) is 42.7 Å². The van der Waals surface area contributed by atoms with Crippen LogP contribution in [0.15, 0.2) is 60.7 Å². The van der Waals surface area contributed by atoms with E-state index in [-0.39, 0.29) is 24.3 Å². The topological polar surface area (TPSA) is 29.5 Å². The van der Waals surface area contributed by atoms with Crippen molar-refractivity contribution < 1.29 is 9.53 Å². The molecule has 2 heterocycles. The van der Waals surface area contributed by atoms with Crippen molar-refractivity contribution in [1.82, 2.24) is 4.90 Å². The van der Waals surface area contributed by atoms with Gasteiger partial charge in [-0.25, -0.2) is 0 Å². The molecule has 2 saturated heterocycles. The van der Waals surface area contributed by atoms with Crippen LogP contribution in [0.4, 0.5) is 0 Å². The number of esters is 1. The van der Waals surface area contributed by atoms with E-state index in [4.69, 9.17) is 4.74 Å². The molecule has 0 saturated carbocycles. The highest BCUT2D eigenvalue weighted by Gasteiger charge is 2.37. The van der Waals surface area contributed by atoms with Crippen molar-refractivity contribution in [3.05, 3.63) is 71.8 Å².